The number of rotatable bonds is 2. The molecule has 0 bridgehead atoms. The Morgan fingerprint density at radius 3 is 3.14 bits per heavy atom. The average molecular weight is 193 g/mol. The quantitative estimate of drug-likeness (QED) is 0.682. The Labute approximate surface area is 77.8 Å². The third-order valence-corrected chi connectivity index (χ3v) is 1.79. The molecule has 6 nitrogen and oxygen atoms in total. The molecule has 2 aromatic rings. The molecule has 0 fully saturated rings. The molecule has 0 saturated carbocycles. The molecule has 0 spiro atoms. The van der Waals surface area contributed by atoms with Gasteiger partial charge in [0, 0.05) is 24.2 Å². The number of nitrogens with zero attached hydrogens (tertiary/aromatic N) is 2. The van der Waals surface area contributed by atoms with Gasteiger partial charge in [-0.05, 0) is 0 Å². The maximum absolute atomic E-state index is 11.4. The van der Waals surface area contributed by atoms with Gasteiger partial charge in [0.25, 0.3) is 5.56 Å². The summed E-state index contributed by atoms with van der Waals surface area (Å²) in [6.45, 7) is 0. The summed E-state index contributed by atoms with van der Waals surface area (Å²) in [7, 11) is 0. The number of carbonyl (C=O) groups is 1. The number of aromatic nitrogens is 3. The second-order valence-corrected chi connectivity index (χ2v) is 2.82. The zero-order chi connectivity index (χ0) is 10.1. The third kappa shape index (κ3) is 1.37. The number of hydrogen-bond acceptors (Lipinski definition) is 3. The summed E-state index contributed by atoms with van der Waals surface area (Å²) in [5, 5.41) is 8.53. The molecular weight excluding hydrogens is 186 g/mol. The minimum Gasteiger partial charge on any atom is -0.481 e. The second-order valence-electron chi connectivity index (χ2n) is 2.82. The van der Waals surface area contributed by atoms with Gasteiger partial charge >= 0.3 is 5.97 Å². The van der Waals surface area contributed by atoms with Gasteiger partial charge in [0.1, 0.15) is 0 Å². The molecule has 0 saturated heterocycles. The van der Waals surface area contributed by atoms with Crippen LogP contribution in [0, 0.1) is 0 Å². The van der Waals surface area contributed by atoms with Gasteiger partial charge in [-0.3, -0.25) is 14.0 Å². The highest BCUT2D eigenvalue weighted by Gasteiger charge is 2.05. The van der Waals surface area contributed by atoms with Gasteiger partial charge in [-0.15, -0.1) is 0 Å². The predicted octanol–water partition coefficient (Wildman–Crippen LogP) is -0.350. The van der Waals surface area contributed by atoms with E-state index in [0.29, 0.717) is 11.5 Å². The van der Waals surface area contributed by atoms with Gasteiger partial charge in [0.15, 0.2) is 0 Å². The van der Waals surface area contributed by atoms with Crippen LogP contribution in [-0.2, 0) is 11.2 Å². The maximum Gasteiger partial charge on any atom is 0.309 e. The van der Waals surface area contributed by atoms with Crippen LogP contribution in [0.2, 0.25) is 0 Å². The Morgan fingerprint density at radius 1 is 1.64 bits per heavy atom. The van der Waals surface area contributed by atoms with Crippen molar-refractivity contribution in [2.45, 2.75) is 6.42 Å². The number of carboxylic acids is 1. The van der Waals surface area contributed by atoms with Crippen molar-refractivity contribution in [1.82, 2.24) is 14.4 Å². The predicted molar refractivity (Wildman–Crippen MR) is 47.2 cm³/mol. The fourth-order valence-corrected chi connectivity index (χ4v) is 1.23. The van der Waals surface area contributed by atoms with Crippen LogP contribution in [0.15, 0.2) is 23.3 Å². The lowest BCUT2D eigenvalue weighted by molar-refractivity contribution is -0.136. The molecule has 6 heteroatoms. The summed E-state index contributed by atoms with van der Waals surface area (Å²) < 4.78 is 1.31. The fraction of sp³-hybridized carbons (Fsp3) is 0.125. The van der Waals surface area contributed by atoms with E-state index in [-0.39, 0.29) is 12.0 Å². The van der Waals surface area contributed by atoms with E-state index in [9.17, 15) is 9.59 Å². The Kier molecular flexibility index (Phi) is 1.81. The van der Waals surface area contributed by atoms with Crippen molar-refractivity contribution in [3.8, 4) is 0 Å². The molecule has 2 N–H and O–H groups in total. The van der Waals surface area contributed by atoms with E-state index in [2.05, 4.69) is 9.97 Å². The summed E-state index contributed by atoms with van der Waals surface area (Å²) in [6.07, 6.45) is 2.77. The van der Waals surface area contributed by atoms with Crippen molar-refractivity contribution in [1.29, 1.82) is 0 Å². The van der Waals surface area contributed by atoms with Crippen LogP contribution in [0.5, 0.6) is 0 Å². The summed E-state index contributed by atoms with van der Waals surface area (Å²) in [4.78, 5) is 28.4. The Bertz CT molecular complexity index is 540. The number of H-pyrrole nitrogens is 1. The van der Waals surface area contributed by atoms with Crippen LogP contribution in [0.3, 0.4) is 0 Å². The minimum atomic E-state index is -0.989. The number of hydrogen-bond donors (Lipinski definition) is 2. The monoisotopic (exact) mass is 193 g/mol. The van der Waals surface area contributed by atoms with Gasteiger partial charge in [-0.25, -0.2) is 4.98 Å². The number of nitrogens with one attached hydrogen (secondary N) is 1. The lowest BCUT2D eigenvalue weighted by Gasteiger charge is -1.98. The number of aliphatic carboxylic acids is 1. The van der Waals surface area contributed by atoms with Crippen LogP contribution in [-0.4, -0.2) is 25.4 Å². The van der Waals surface area contributed by atoms with E-state index in [1.165, 1.54) is 22.9 Å². The van der Waals surface area contributed by atoms with Crippen LogP contribution in [0.25, 0.3) is 5.78 Å². The van der Waals surface area contributed by atoms with Crippen LogP contribution < -0.4 is 5.56 Å². The summed E-state index contributed by atoms with van der Waals surface area (Å²) >= 11 is 0. The van der Waals surface area contributed by atoms with Crippen molar-refractivity contribution in [3.63, 3.8) is 0 Å². The molecule has 0 aliphatic heterocycles. The highest BCUT2D eigenvalue weighted by molar-refractivity contribution is 5.69. The Morgan fingerprint density at radius 2 is 2.43 bits per heavy atom. The van der Waals surface area contributed by atoms with Crippen LogP contribution in [0.1, 0.15) is 5.69 Å². The molecule has 14 heavy (non-hydrogen) atoms. The van der Waals surface area contributed by atoms with Crippen LogP contribution >= 0.6 is 0 Å². The summed E-state index contributed by atoms with van der Waals surface area (Å²) in [5.41, 5.74) is 0.0636. The molecule has 2 heterocycles. The van der Waals surface area contributed by atoms with E-state index in [1.807, 2.05) is 0 Å². The molecule has 0 radical (unpaired) electrons. The Balaban J connectivity index is 2.58. The highest BCUT2D eigenvalue weighted by Crippen LogP contribution is 1.96. The topological polar surface area (TPSA) is 87.5 Å². The number of fused-ring (bicyclic) bond motifs is 1. The van der Waals surface area contributed by atoms with Crippen molar-refractivity contribution >= 4 is 11.7 Å². The van der Waals surface area contributed by atoms with Crippen molar-refractivity contribution < 1.29 is 9.90 Å². The second kappa shape index (κ2) is 2.99. The number of aromatic amines is 1. The minimum absolute atomic E-state index is 0.210. The first kappa shape index (κ1) is 8.49. The maximum atomic E-state index is 11.4. The number of carboxylic acid groups (broad SMARTS) is 1. The SMILES string of the molecule is O=C(O)Cc1cc(=O)n2ccnc2[nH]1. The summed E-state index contributed by atoms with van der Waals surface area (Å²) in [5.74, 6) is -0.634. The first-order valence-electron chi connectivity index (χ1n) is 3.94. The molecule has 0 unspecified atom stereocenters. The first-order chi connectivity index (χ1) is 6.66. The van der Waals surface area contributed by atoms with E-state index in [0.717, 1.165) is 0 Å². The lowest BCUT2D eigenvalue weighted by Crippen LogP contribution is -2.15. The third-order valence-electron chi connectivity index (χ3n) is 1.79. The largest absolute Gasteiger partial charge is 0.481 e. The summed E-state index contributed by atoms with van der Waals surface area (Å²) in [6, 6.07) is 1.25. The molecule has 72 valence electrons. The molecular formula is C8H7N3O3. The van der Waals surface area contributed by atoms with E-state index in [4.69, 9.17) is 5.11 Å². The first-order valence-corrected chi connectivity index (χ1v) is 3.94. The zero-order valence-corrected chi connectivity index (χ0v) is 7.10. The smallest absolute Gasteiger partial charge is 0.309 e. The van der Waals surface area contributed by atoms with Crippen molar-refractivity contribution in [3.05, 3.63) is 34.5 Å². The van der Waals surface area contributed by atoms with E-state index < -0.39 is 5.97 Å². The van der Waals surface area contributed by atoms with Gasteiger partial charge in [0.05, 0.1) is 6.42 Å². The molecule has 2 rings (SSSR count). The van der Waals surface area contributed by atoms with Gasteiger partial charge in [0.2, 0.25) is 5.78 Å². The Hall–Kier alpha value is -2.11. The van der Waals surface area contributed by atoms with E-state index in [1.54, 1.807) is 0 Å². The molecule has 0 amide bonds. The molecule has 0 aliphatic rings. The molecule has 0 atom stereocenters. The van der Waals surface area contributed by atoms with Gasteiger partial charge in [-0.1, -0.05) is 0 Å². The van der Waals surface area contributed by atoms with Crippen molar-refractivity contribution in [2.24, 2.45) is 0 Å². The van der Waals surface area contributed by atoms with Crippen LogP contribution in [0.4, 0.5) is 0 Å². The highest BCUT2D eigenvalue weighted by atomic mass is 16.4. The molecule has 0 aromatic carbocycles. The standard InChI is InChI=1S/C8H7N3O3/c12-6-3-5(4-7(13)14)10-8-9-1-2-11(6)8/h1-3H,4H2,(H,9,10)(H,13,14). The normalized spacial score (nSPS) is 10.6. The average Bonchev–Trinajstić information content (AvgIpc) is 2.50. The van der Waals surface area contributed by atoms with Crippen molar-refractivity contribution in [2.75, 3.05) is 0 Å². The van der Waals surface area contributed by atoms with Gasteiger partial charge < -0.3 is 10.1 Å². The van der Waals surface area contributed by atoms with E-state index >= 15 is 0 Å². The molecule has 0 aliphatic carbocycles. The van der Waals surface area contributed by atoms with Gasteiger partial charge in [-0.2, -0.15) is 0 Å². The zero-order valence-electron chi connectivity index (χ0n) is 7.10. The number of imidazole rings is 1. The molecule has 2 aromatic heterocycles. The fourth-order valence-electron chi connectivity index (χ4n) is 1.23. The lowest BCUT2D eigenvalue weighted by atomic mass is 10.3.